The first kappa shape index (κ1) is 18.9. The van der Waals surface area contributed by atoms with Gasteiger partial charge >= 0.3 is 0 Å². The van der Waals surface area contributed by atoms with Gasteiger partial charge in [0.05, 0.1) is 27.2 Å². The minimum absolute atomic E-state index is 0.0745. The molecular weight excluding hydrogens is 370 g/mol. The van der Waals surface area contributed by atoms with E-state index in [-0.39, 0.29) is 11.6 Å². The highest BCUT2D eigenvalue weighted by atomic mass is 16.6. The maximum Gasteiger partial charge on any atom is 0.270 e. The number of nitro benzene ring substituents is 1. The molecule has 1 aliphatic heterocycles. The number of hydrogen-bond donors (Lipinski definition) is 1. The summed E-state index contributed by atoms with van der Waals surface area (Å²) in [5, 5.41) is 14.1. The van der Waals surface area contributed by atoms with Gasteiger partial charge in [0.1, 0.15) is 5.82 Å². The van der Waals surface area contributed by atoms with Crippen molar-refractivity contribution in [2.24, 2.45) is 0 Å². The summed E-state index contributed by atoms with van der Waals surface area (Å²) in [6.07, 6.45) is 2.12. The molecule has 0 saturated carbocycles. The summed E-state index contributed by atoms with van der Waals surface area (Å²) < 4.78 is 2.06. The van der Waals surface area contributed by atoms with Crippen LogP contribution in [0.5, 0.6) is 0 Å². The lowest BCUT2D eigenvalue weighted by Gasteiger charge is -2.21. The zero-order valence-electron chi connectivity index (χ0n) is 16.3. The second-order valence-electron chi connectivity index (χ2n) is 7.21. The Morgan fingerprint density at radius 1 is 1.21 bits per heavy atom. The minimum Gasteiger partial charge on any atom is -0.371 e. The number of nitrogens with one attached hydrogen (secondary N) is 1. The number of fused-ring (bicyclic) bond motifs is 1. The van der Waals surface area contributed by atoms with Gasteiger partial charge in [-0.2, -0.15) is 0 Å². The predicted octanol–water partition coefficient (Wildman–Crippen LogP) is 3.28. The second kappa shape index (κ2) is 7.90. The minimum atomic E-state index is -0.467. The zero-order chi connectivity index (χ0) is 20.4. The Balaban J connectivity index is 1.52. The van der Waals surface area contributed by atoms with Crippen molar-refractivity contribution in [3.63, 3.8) is 0 Å². The van der Waals surface area contributed by atoms with Crippen LogP contribution in [-0.4, -0.2) is 40.0 Å². The molecule has 1 aliphatic rings. The van der Waals surface area contributed by atoms with Crippen molar-refractivity contribution in [2.45, 2.75) is 26.3 Å². The van der Waals surface area contributed by atoms with Crippen LogP contribution in [0.25, 0.3) is 11.0 Å². The maximum atomic E-state index is 12.9. The standard InChI is InChI=1S/C21H23N5O3/c1-15-23-18-6-2-3-7-20(18)25(15)13-10-22-21(27)17-14-16(26(28)29)8-9-19(17)24-11-4-5-12-24/h2-3,6-9,14H,4-5,10-13H2,1H3,(H,22,27). The molecule has 8 heteroatoms. The van der Waals surface area contributed by atoms with Gasteiger partial charge in [-0.05, 0) is 38.0 Å². The number of amides is 1. The summed E-state index contributed by atoms with van der Waals surface area (Å²) in [5.74, 6) is 0.589. The Morgan fingerprint density at radius 3 is 2.72 bits per heavy atom. The molecule has 4 rings (SSSR count). The number of aryl methyl sites for hydroxylation is 1. The summed E-state index contributed by atoms with van der Waals surface area (Å²) in [5.41, 5.74) is 2.98. The average Bonchev–Trinajstić information content (AvgIpc) is 3.35. The van der Waals surface area contributed by atoms with E-state index >= 15 is 0 Å². The number of para-hydroxylation sites is 2. The molecule has 2 aromatic carbocycles. The number of nitrogens with zero attached hydrogens (tertiary/aromatic N) is 4. The predicted molar refractivity (Wildman–Crippen MR) is 111 cm³/mol. The topological polar surface area (TPSA) is 93.3 Å². The van der Waals surface area contributed by atoms with Crippen molar-refractivity contribution in [1.82, 2.24) is 14.9 Å². The number of anilines is 1. The lowest BCUT2D eigenvalue weighted by molar-refractivity contribution is -0.384. The van der Waals surface area contributed by atoms with Crippen molar-refractivity contribution >= 4 is 28.3 Å². The molecule has 0 atom stereocenters. The number of imidazole rings is 1. The van der Waals surface area contributed by atoms with E-state index in [4.69, 9.17) is 0 Å². The van der Waals surface area contributed by atoms with Gasteiger partial charge in [-0.25, -0.2) is 4.98 Å². The highest BCUT2D eigenvalue weighted by molar-refractivity contribution is 6.00. The van der Waals surface area contributed by atoms with Crippen molar-refractivity contribution < 1.29 is 9.72 Å². The van der Waals surface area contributed by atoms with E-state index in [0.717, 1.165) is 48.5 Å². The Morgan fingerprint density at radius 2 is 1.97 bits per heavy atom. The maximum absolute atomic E-state index is 12.9. The van der Waals surface area contributed by atoms with Crippen LogP contribution in [0.15, 0.2) is 42.5 Å². The fourth-order valence-corrected chi connectivity index (χ4v) is 3.91. The van der Waals surface area contributed by atoms with Crippen molar-refractivity contribution in [1.29, 1.82) is 0 Å². The van der Waals surface area contributed by atoms with E-state index in [9.17, 15) is 14.9 Å². The molecule has 3 aromatic rings. The first-order valence-electron chi connectivity index (χ1n) is 9.78. The van der Waals surface area contributed by atoms with Gasteiger partial charge in [0, 0.05) is 38.3 Å². The zero-order valence-corrected chi connectivity index (χ0v) is 16.3. The number of benzene rings is 2. The Labute approximate surface area is 168 Å². The molecule has 1 N–H and O–H groups in total. The molecule has 1 amide bonds. The van der Waals surface area contributed by atoms with E-state index < -0.39 is 4.92 Å². The number of aromatic nitrogens is 2. The number of rotatable bonds is 6. The molecule has 8 nitrogen and oxygen atoms in total. The molecule has 0 unspecified atom stereocenters. The van der Waals surface area contributed by atoms with Crippen LogP contribution in [0.4, 0.5) is 11.4 Å². The van der Waals surface area contributed by atoms with Gasteiger partial charge in [0.2, 0.25) is 0 Å². The van der Waals surface area contributed by atoms with Crippen LogP contribution in [0.3, 0.4) is 0 Å². The smallest absolute Gasteiger partial charge is 0.270 e. The fourth-order valence-electron chi connectivity index (χ4n) is 3.91. The van der Waals surface area contributed by atoms with Gasteiger partial charge in [-0.1, -0.05) is 12.1 Å². The lowest BCUT2D eigenvalue weighted by Crippen LogP contribution is -2.30. The molecule has 1 saturated heterocycles. The third-order valence-electron chi connectivity index (χ3n) is 5.35. The van der Waals surface area contributed by atoms with Crippen LogP contribution in [0.2, 0.25) is 0 Å². The van der Waals surface area contributed by atoms with E-state index in [2.05, 4.69) is 19.8 Å². The van der Waals surface area contributed by atoms with Crippen molar-refractivity contribution in [3.8, 4) is 0 Å². The lowest BCUT2D eigenvalue weighted by atomic mass is 10.1. The van der Waals surface area contributed by atoms with Crippen LogP contribution < -0.4 is 10.2 Å². The average molecular weight is 393 g/mol. The van der Waals surface area contributed by atoms with E-state index in [1.807, 2.05) is 31.2 Å². The summed E-state index contributed by atoms with van der Waals surface area (Å²) in [6, 6.07) is 12.4. The third-order valence-corrected chi connectivity index (χ3v) is 5.35. The van der Waals surface area contributed by atoms with Crippen LogP contribution in [0, 0.1) is 17.0 Å². The molecular formula is C21H23N5O3. The van der Waals surface area contributed by atoms with Gasteiger partial charge in [-0.15, -0.1) is 0 Å². The van der Waals surface area contributed by atoms with E-state index in [1.165, 1.54) is 12.1 Å². The summed E-state index contributed by atoms with van der Waals surface area (Å²) in [4.78, 5) is 30.3. The molecule has 0 spiro atoms. The highest BCUT2D eigenvalue weighted by Gasteiger charge is 2.22. The van der Waals surface area contributed by atoms with Crippen LogP contribution >= 0.6 is 0 Å². The quantitative estimate of drug-likeness (QED) is 0.512. The van der Waals surface area contributed by atoms with Gasteiger partial charge in [0.15, 0.2) is 0 Å². The highest BCUT2D eigenvalue weighted by Crippen LogP contribution is 2.28. The molecule has 2 heterocycles. The fraction of sp³-hybridized carbons (Fsp3) is 0.333. The van der Waals surface area contributed by atoms with Crippen molar-refractivity contribution in [2.75, 3.05) is 24.5 Å². The largest absolute Gasteiger partial charge is 0.371 e. The number of carbonyl (C=O) groups is 1. The molecule has 29 heavy (non-hydrogen) atoms. The Bertz CT molecular complexity index is 1070. The van der Waals surface area contributed by atoms with Crippen LogP contribution in [0.1, 0.15) is 29.0 Å². The molecule has 0 radical (unpaired) electrons. The second-order valence-corrected chi connectivity index (χ2v) is 7.21. The third kappa shape index (κ3) is 3.78. The SMILES string of the molecule is Cc1nc2ccccc2n1CCNC(=O)c1cc([N+](=O)[O-])ccc1N1CCCC1. The molecule has 0 aliphatic carbocycles. The number of hydrogen-bond acceptors (Lipinski definition) is 5. The summed E-state index contributed by atoms with van der Waals surface area (Å²) in [7, 11) is 0. The van der Waals surface area contributed by atoms with E-state index in [1.54, 1.807) is 6.07 Å². The molecule has 0 bridgehead atoms. The molecule has 1 fully saturated rings. The van der Waals surface area contributed by atoms with Gasteiger partial charge < -0.3 is 14.8 Å². The number of non-ortho nitro benzene ring substituents is 1. The van der Waals surface area contributed by atoms with Crippen LogP contribution in [-0.2, 0) is 6.54 Å². The normalized spacial score (nSPS) is 13.8. The summed E-state index contributed by atoms with van der Waals surface area (Å²) in [6.45, 7) is 4.64. The monoisotopic (exact) mass is 393 g/mol. The number of nitro groups is 1. The van der Waals surface area contributed by atoms with Gasteiger partial charge in [0.25, 0.3) is 11.6 Å². The Kier molecular flexibility index (Phi) is 5.16. The summed E-state index contributed by atoms with van der Waals surface area (Å²) >= 11 is 0. The Hall–Kier alpha value is -3.42. The van der Waals surface area contributed by atoms with E-state index in [0.29, 0.717) is 18.7 Å². The number of carbonyl (C=O) groups excluding carboxylic acids is 1. The van der Waals surface area contributed by atoms with Gasteiger partial charge in [-0.3, -0.25) is 14.9 Å². The first-order chi connectivity index (χ1) is 14.0. The van der Waals surface area contributed by atoms with Crippen molar-refractivity contribution in [3.05, 3.63) is 64.0 Å². The first-order valence-corrected chi connectivity index (χ1v) is 9.78. The molecule has 1 aromatic heterocycles. The molecule has 150 valence electrons.